The van der Waals surface area contributed by atoms with Crippen molar-refractivity contribution >= 4 is 33.2 Å². The first-order valence-corrected chi connectivity index (χ1v) is 9.26. The summed E-state index contributed by atoms with van der Waals surface area (Å²) in [5.41, 5.74) is 0.805. The molecule has 0 fully saturated rings. The summed E-state index contributed by atoms with van der Waals surface area (Å²) >= 11 is 7.50. The smallest absolute Gasteiger partial charge is 0.191 e. The molecule has 0 aliphatic carbocycles. The van der Waals surface area contributed by atoms with Crippen molar-refractivity contribution in [3.05, 3.63) is 29.3 Å². The SMILES string of the molecule is Cn1c(SCCS(C)(=O)=O)nnc1-c1ccccc1Cl. The third-order valence-electron chi connectivity index (χ3n) is 2.63. The Kier molecular flexibility index (Phi) is 4.72. The third-order valence-corrected chi connectivity index (χ3v) is 5.19. The Bertz CT molecular complexity index is 713. The predicted octanol–water partition coefficient (Wildman–Crippen LogP) is 2.27. The van der Waals surface area contributed by atoms with Gasteiger partial charge in [0, 0.05) is 24.6 Å². The minimum atomic E-state index is -2.96. The quantitative estimate of drug-likeness (QED) is 0.786. The maximum absolute atomic E-state index is 11.1. The number of rotatable bonds is 5. The second kappa shape index (κ2) is 6.15. The van der Waals surface area contributed by atoms with E-state index in [1.807, 2.05) is 29.8 Å². The largest absolute Gasteiger partial charge is 0.305 e. The fraction of sp³-hybridized carbons (Fsp3) is 0.333. The number of thioether (sulfide) groups is 1. The summed E-state index contributed by atoms with van der Waals surface area (Å²) < 4.78 is 24.0. The van der Waals surface area contributed by atoms with Crippen LogP contribution in [0.15, 0.2) is 29.4 Å². The Hall–Kier alpha value is -1.05. The zero-order valence-electron chi connectivity index (χ0n) is 11.1. The van der Waals surface area contributed by atoms with Crippen LogP contribution in [0.3, 0.4) is 0 Å². The average Bonchev–Trinajstić information content (AvgIpc) is 2.70. The first kappa shape index (κ1) is 15.3. The normalized spacial score (nSPS) is 11.8. The van der Waals surface area contributed by atoms with E-state index in [-0.39, 0.29) is 5.75 Å². The van der Waals surface area contributed by atoms with Gasteiger partial charge in [-0.2, -0.15) is 0 Å². The molecule has 0 radical (unpaired) electrons. The van der Waals surface area contributed by atoms with Gasteiger partial charge in [0.1, 0.15) is 9.84 Å². The van der Waals surface area contributed by atoms with Gasteiger partial charge in [0.2, 0.25) is 0 Å². The van der Waals surface area contributed by atoms with E-state index in [2.05, 4.69) is 10.2 Å². The van der Waals surface area contributed by atoms with Crippen LogP contribution >= 0.6 is 23.4 Å². The van der Waals surface area contributed by atoms with Crippen LogP contribution in [-0.2, 0) is 16.9 Å². The lowest BCUT2D eigenvalue weighted by Gasteiger charge is -2.05. The maximum Gasteiger partial charge on any atom is 0.191 e. The van der Waals surface area contributed by atoms with Gasteiger partial charge in [-0.05, 0) is 12.1 Å². The molecule has 0 unspecified atom stereocenters. The van der Waals surface area contributed by atoms with Gasteiger partial charge in [-0.15, -0.1) is 10.2 Å². The van der Waals surface area contributed by atoms with Gasteiger partial charge in [-0.3, -0.25) is 0 Å². The summed E-state index contributed by atoms with van der Waals surface area (Å²) in [6.07, 6.45) is 1.22. The van der Waals surface area contributed by atoms with Gasteiger partial charge in [0.15, 0.2) is 11.0 Å². The van der Waals surface area contributed by atoms with Crippen molar-refractivity contribution in [3.8, 4) is 11.4 Å². The summed E-state index contributed by atoms with van der Waals surface area (Å²) in [6.45, 7) is 0. The lowest BCUT2D eigenvalue weighted by Crippen LogP contribution is -2.06. The molecule has 0 aliphatic heterocycles. The monoisotopic (exact) mass is 331 g/mol. The van der Waals surface area contributed by atoms with E-state index in [1.54, 1.807) is 6.07 Å². The lowest BCUT2D eigenvalue weighted by molar-refractivity contribution is 0.603. The second-order valence-electron chi connectivity index (χ2n) is 4.32. The van der Waals surface area contributed by atoms with E-state index < -0.39 is 9.84 Å². The van der Waals surface area contributed by atoms with Gasteiger partial charge in [0.05, 0.1) is 10.8 Å². The molecule has 0 atom stereocenters. The standard InChI is InChI=1S/C12H14ClN3O2S2/c1-16-11(9-5-3-4-6-10(9)13)14-15-12(16)19-7-8-20(2,17)18/h3-6H,7-8H2,1-2H3. The van der Waals surface area contributed by atoms with Crippen LogP contribution in [-0.4, -0.2) is 40.9 Å². The molecule has 1 aromatic heterocycles. The molecule has 108 valence electrons. The zero-order chi connectivity index (χ0) is 14.8. The fourth-order valence-corrected chi connectivity index (χ4v) is 3.93. The molecule has 2 rings (SSSR count). The van der Waals surface area contributed by atoms with E-state index in [0.29, 0.717) is 21.8 Å². The molecule has 0 saturated carbocycles. The van der Waals surface area contributed by atoms with Gasteiger partial charge < -0.3 is 4.57 Å². The van der Waals surface area contributed by atoms with Crippen LogP contribution in [0, 0.1) is 0 Å². The molecule has 0 saturated heterocycles. The van der Waals surface area contributed by atoms with Crippen LogP contribution in [0.5, 0.6) is 0 Å². The molecule has 0 bridgehead atoms. The van der Waals surface area contributed by atoms with Crippen LogP contribution in [0.1, 0.15) is 0 Å². The second-order valence-corrected chi connectivity index (χ2v) is 8.05. The van der Waals surface area contributed by atoms with Crippen molar-refractivity contribution in [1.82, 2.24) is 14.8 Å². The van der Waals surface area contributed by atoms with Crippen LogP contribution < -0.4 is 0 Å². The molecule has 0 amide bonds. The molecule has 5 nitrogen and oxygen atoms in total. The highest BCUT2D eigenvalue weighted by molar-refractivity contribution is 8.00. The first-order valence-electron chi connectivity index (χ1n) is 5.83. The van der Waals surface area contributed by atoms with E-state index in [0.717, 1.165) is 5.56 Å². The molecule has 20 heavy (non-hydrogen) atoms. The average molecular weight is 332 g/mol. The van der Waals surface area contributed by atoms with Gasteiger partial charge >= 0.3 is 0 Å². The van der Waals surface area contributed by atoms with E-state index >= 15 is 0 Å². The number of hydrogen-bond acceptors (Lipinski definition) is 5. The van der Waals surface area contributed by atoms with Crippen molar-refractivity contribution < 1.29 is 8.42 Å². The van der Waals surface area contributed by atoms with Crippen molar-refractivity contribution in [3.63, 3.8) is 0 Å². The molecule has 0 spiro atoms. The Morgan fingerprint density at radius 3 is 2.65 bits per heavy atom. The van der Waals surface area contributed by atoms with Crippen molar-refractivity contribution in [2.24, 2.45) is 7.05 Å². The summed E-state index contributed by atoms with van der Waals surface area (Å²) in [6, 6.07) is 7.40. The summed E-state index contributed by atoms with van der Waals surface area (Å²) in [7, 11) is -1.12. The molecule has 1 heterocycles. The van der Waals surface area contributed by atoms with Crippen LogP contribution in [0.25, 0.3) is 11.4 Å². The summed E-state index contributed by atoms with van der Waals surface area (Å²) in [5.74, 6) is 1.23. The van der Waals surface area contributed by atoms with Crippen LogP contribution in [0.4, 0.5) is 0 Å². The van der Waals surface area contributed by atoms with Crippen molar-refractivity contribution in [2.75, 3.05) is 17.8 Å². The Morgan fingerprint density at radius 2 is 2.00 bits per heavy atom. The van der Waals surface area contributed by atoms with Gasteiger partial charge in [-0.25, -0.2) is 8.42 Å². The fourth-order valence-electron chi connectivity index (χ4n) is 1.60. The molecular formula is C12H14ClN3O2S2. The Labute approximate surface area is 127 Å². The third kappa shape index (κ3) is 3.74. The highest BCUT2D eigenvalue weighted by Gasteiger charge is 2.14. The molecule has 8 heteroatoms. The summed E-state index contributed by atoms with van der Waals surface area (Å²) in [4.78, 5) is 0. The van der Waals surface area contributed by atoms with Crippen LogP contribution in [0.2, 0.25) is 5.02 Å². The molecule has 2 aromatic rings. The Morgan fingerprint density at radius 1 is 1.30 bits per heavy atom. The number of sulfone groups is 1. The highest BCUT2D eigenvalue weighted by Crippen LogP contribution is 2.28. The molecule has 0 aliphatic rings. The Balaban J connectivity index is 2.18. The number of benzene rings is 1. The van der Waals surface area contributed by atoms with Gasteiger partial charge in [-0.1, -0.05) is 35.5 Å². The topological polar surface area (TPSA) is 64.8 Å². The minimum absolute atomic E-state index is 0.117. The van der Waals surface area contributed by atoms with Crippen molar-refractivity contribution in [1.29, 1.82) is 0 Å². The van der Waals surface area contributed by atoms with E-state index in [4.69, 9.17) is 11.6 Å². The molecule has 1 aromatic carbocycles. The minimum Gasteiger partial charge on any atom is -0.305 e. The summed E-state index contributed by atoms with van der Waals surface area (Å²) in [5, 5.41) is 9.47. The van der Waals surface area contributed by atoms with Gasteiger partial charge in [0.25, 0.3) is 0 Å². The number of nitrogens with zero attached hydrogens (tertiary/aromatic N) is 3. The zero-order valence-corrected chi connectivity index (χ0v) is 13.5. The first-order chi connectivity index (χ1) is 9.38. The highest BCUT2D eigenvalue weighted by atomic mass is 35.5. The number of hydrogen-bond donors (Lipinski definition) is 0. The molecule has 0 N–H and O–H groups in total. The van der Waals surface area contributed by atoms with E-state index in [1.165, 1.54) is 18.0 Å². The number of aromatic nitrogens is 3. The maximum atomic E-state index is 11.1. The van der Waals surface area contributed by atoms with E-state index in [9.17, 15) is 8.42 Å². The molecular weight excluding hydrogens is 318 g/mol. The number of halogens is 1. The lowest BCUT2D eigenvalue weighted by atomic mass is 10.2. The predicted molar refractivity (Wildman–Crippen MR) is 81.9 cm³/mol. The van der Waals surface area contributed by atoms with Crippen molar-refractivity contribution in [2.45, 2.75) is 5.16 Å².